The van der Waals surface area contributed by atoms with Crippen molar-refractivity contribution in [2.24, 2.45) is 0 Å². The maximum atomic E-state index is 6.16. The molecule has 4 aromatic rings. The Morgan fingerprint density at radius 2 is 1.75 bits per heavy atom. The molecule has 158 valence electrons. The van der Waals surface area contributed by atoms with Gasteiger partial charge < -0.3 is 5.73 Å². The number of allylic oxidation sites excluding steroid dienone is 4. The lowest BCUT2D eigenvalue weighted by molar-refractivity contribution is 0.720. The molecule has 1 atom stereocenters. The number of aryl methyl sites for hydroxylation is 1. The first-order valence-corrected chi connectivity index (χ1v) is 11.3. The number of nitrogens with zero attached hydrogens (tertiary/aromatic N) is 1. The highest BCUT2D eigenvalue weighted by Crippen LogP contribution is 2.47. The Morgan fingerprint density at radius 1 is 0.906 bits per heavy atom. The van der Waals surface area contributed by atoms with Gasteiger partial charge in [-0.1, -0.05) is 66.3 Å². The fourth-order valence-corrected chi connectivity index (χ4v) is 5.09. The van der Waals surface area contributed by atoms with E-state index in [2.05, 4.69) is 72.6 Å². The number of rotatable bonds is 1. The molecular weight excluding hydrogens is 388 g/mol. The standard InChI is InChI=1S/C25H23N.C5H5N/c1-16-10-12-18(26)14-23(16)25-15-24-19-7-3-2-6-17(19)11-13-22(24)20-8-4-5-9-21(20)25;1-2-4-6-5-3-1/h2-4,6-8,10-14,25H,5,9,15,26H2,1H3;1-5H. The van der Waals surface area contributed by atoms with Crippen LogP contribution in [0.2, 0.25) is 0 Å². The average molecular weight is 417 g/mol. The van der Waals surface area contributed by atoms with Crippen LogP contribution in [0.5, 0.6) is 0 Å². The third-order valence-corrected chi connectivity index (χ3v) is 6.62. The van der Waals surface area contributed by atoms with Crippen LogP contribution in [0.3, 0.4) is 0 Å². The second kappa shape index (κ2) is 8.84. The van der Waals surface area contributed by atoms with Crippen LogP contribution in [-0.4, -0.2) is 4.98 Å². The second-order valence-electron chi connectivity index (χ2n) is 8.59. The Kier molecular flexibility index (Phi) is 5.60. The number of anilines is 1. The maximum absolute atomic E-state index is 6.16. The Balaban J connectivity index is 0.000000314. The van der Waals surface area contributed by atoms with E-state index >= 15 is 0 Å². The highest BCUT2D eigenvalue weighted by Gasteiger charge is 2.30. The van der Waals surface area contributed by atoms with Gasteiger partial charge in [0.1, 0.15) is 0 Å². The molecule has 2 aliphatic rings. The van der Waals surface area contributed by atoms with E-state index in [0.717, 1.165) is 24.9 Å². The quantitative estimate of drug-likeness (QED) is 0.332. The van der Waals surface area contributed by atoms with E-state index in [-0.39, 0.29) is 0 Å². The van der Waals surface area contributed by atoms with Crippen LogP contribution in [0, 0.1) is 6.92 Å². The zero-order valence-corrected chi connectivity index (χ0v) is 18.5. The molecule has 0 saturated heterocycles. The third-order valence-electron chi connectivity index (χ3n) is 6.62. The molecular formula is C30H28N2. The molecule has 2 heteroatoms. The number of fused-ring (bicyclic) bond motifs is 4. The Hall–Kier alpha value is -3.65. The van der Waals surface area contributed by atoms with Gasteiger partial charge in [-0.25, -0.2) is 0 Å². The molecule has 0 radical (unpaired) electrons. The lowest BCUT2D eigenvalue weighted by Crippen LogP contribution is -2.17. The van der Waals surface area contributed by atoms with Gasteiger partial charge in [0.05, 0.1) is 0 Å². The fourth-order valence-electron chi connectivity index (χ4n) is 5.09. The van der Waals surface area contributed by atoms with E-state index in [0.29, 0.717) is 5.92 Å². The van der Waals surface area contributed by atoms with E-state index < -0.39 is 0 Å². The van der Waals surface area contributed by atoms with Gasteiger partial charge in [-0.15, -0.1) is 0 Å². The summed E-state index contributed by atoms with van der Waals surface area (Å²) >= 11 is 0. The van der Waals surface area contributed by atoms with Gasteiger partial charge in [-0.05, 0) is 89.1 Å². The monoisotopic (exact) mass is 416 g/mol. The molecule has 6 rings (SSSR count). The van der Waals surface area contributed by atoms with E-state index in [1.807, 2.05) is 24.3 Å². The van der Waals surface area contributed by atoms with Crippen molar-refractivity contribution in [3.8, 4) is 0 Å². The average Bonchev–Trinajstić information content (AvgIpc) is 2.86. The van der Waals surface area contributed by atoms with Gasteiger partial charge in [0.25, 0.3) is 0 Å². The Labute approximate surface area is 190 Å². The van der Waals surface area contributed by atoms with Gasteiger partial charge in [0.2, 0.25) is 0 Å². The SMILES string of the molecule is Cc1ccc(N)cc1C1Cc2c(ccc3ccccc23)C2=C1CCC=C2.c1ccncc1. The van der Waals surface area contributed by atoms with Crippen LogP contribution >= 0.6 is 0 Å². The molecule has 0 amide bonds. The molecule has 2 nitrogen and oxygen atoms in total. The number of hydrogen-bond donors (Lipinski definition) is 1. The number of nitrogens with two attached hydrogens (primary N) is 1. The lowest BCUT2D eigenvalue weighted by atomic mass is 9.71. The summed E-state index contributed by atoms with van der Waals surface area (Å²) in [5.41, 5.74) is 15.7. The third kappa shape index (κ3) is 3.85. The first-order chi connectivity index (χ1) is 15.7. The molecule has 0 aliphatic heterocycles. The van der Waals surface area contributed by atoms with Crippen molar-refractivity contribution in [2.45, 2.75) is 32.1 Å². The minimum Gasteiger partial charge on any atom is -0.399 e. The number of benzene rings is 3. The van der Waals surface area contributed by atoms with Crippen molar-refractivity contribution in [3.05, 3.63) is 125 Å². The molecule has 1 aromatic heterocycles. The Morgan fingerprint density at radius 3 is 2.53 bits per heavy atom. The summed E-state index contributed by atoms with van der Waals surface area (Å²) in [7, 11) is 0. The zero-order chi connectivity index (χ0) is 21.9. The maximum Gasteiger partial charge on any atom is 0.0317 e. The highest BCUT2D eigenvalue weighted by atomic mass is 14.6. The topological polar surface area (TPSA) is 38.9 Å². The van der Waals surface area contributed by atoms with Crippen LogP contribution in [-0.2, 0) is 6.42 Å². The first-order valence-electron chi connectivity index (χ1n) is 11.3. The lowest BCUT2D eigenvalue weighted by Gasteiger charge is -2.33. The normalized spacial score (nSPS) is 16.7. The van der Waals surface area contributed by atoms with Gasteiger partial charge in [-0.3, -0.25) is 4.98 Å². The first kappa shape index (κ1) is 20.3. The minimum atomic E-state index is 0.428. The van der Waals surface area contributed by atoms with Crippen molar-refractivity contribution in [2.75, 3.05) is 5.73 Å². The van der Waals surface area contributed by atoms with Crippen molar-refractivity contribution >= 4 is 22.0 Å². The van der Waals surface area contributed by atoms with Crippen LogP contribution in [0.1, 0.15) is 41.0 Å². The molecule has 0 bridgehead atoms. The molecule has 0 saturated carbocycles. The molecule has 2 N–H and O–H groups in total. The molecule has 3 aromatic carbocycles. The summed E-state index contributed by atoms with van der Waals surface area (Å²) in [6.45, 7) is 2.21. The minimum absolute atomic E-state index is 0.428. The smallest absolute Gasteiger partial charge is 0.0317 e. The van der Waals surface area contributed by atoms with Crippen molar-refractivity contribution in [1.82, 2.24) is 4.98 Å². The summed E-state index contributed by atoms with van der Waals surface area (Å²) < 4.78 is 0. The Bertz CT molecular complexity index is 1290. The van der Waals surface area contributed by atoms with Crippen molar-refractivity contribution in [3.63, 3.8) is 0 Å². The number of pyridine rings is 1. The molecule has 0 spiro atoms. The molecule has 1 unspecified atom stereocenters. The van der Waals surface area contributed by atoms with Gasteiger partial charge in [-0.2, -0.15) is 0 Å². The van der Waals surface area contributed by atoms with Crippen molar-refractivity contribution < 1.29 is 0 Å². The predicted octanol–water partition coefficient (Wildman–Crippen LogP) is 7.26. The van der Waals surface area contributed by atoms with Crippen LogP contribution < -0.4 is 5.73 Å². The van der Waals surface area contributed by atoms with E-state index in [1.165, 1.54) is 38.6 Å². The van der Waals surface area contributed by atoms with Crippen molar-refractivity contribution in [1.29, 1.82) is 0 Å². The summed E-state index contributed by atoms with van der Waals surface area (Å²) in [5.74, 6) is 0.428. The van der Waals surface area contributed by atoms with Crippen LogP contribution in [0.4, 0.5) is 5.69 Å². The van der Waals surface area contributed by atoms with E-state index in [1.54, 1.807) is 18.0 Å². The van der Waals surface area contributed by atoms with Gasteiger partial charge in [0.15, 0.2) is 0 Å². The van der Waals surface area contributed by atoms with Gasteiger partial charge in [0, 0.05) is 24.0 Å². The second-order valence-corrected chi connectivity index (χ2v) is 8.59. The molecule has 32 heavy (non-hydrogen) atoms. The number of hydrogen-bond acceptors (Lipinski definition) is 2. The zero-order valence-electron chi connectivity index (χ0n) is 18.5. The summed E-state index contributed by atoms with van der Waals surface area (Å²) in [5, 5.41) is 2.72. The summed E-state index contributed by atoms with van der Waals surface area (Å²) in [6, 6.07) is 25.5. The van der Waals surface area contributed by atoms with E-state index in [4.69, 9.17) is 5.73 Å². The molecule has 2 aliphatic carbocycles. The summed E-state index contributed by atoms with van der Waals surface area (Å²) in [6.07, 6.45) is 11.5. The van der Waals surface area contributed by atoms with Gasteiger partial charge >= 0.3 is 0 Å². The van der Waals surface area contributed by atoms with Crippen LogP contribution in [0.15, 0.2) is 103 Å². The number of nitrogen functional groups attached to an aromatic ring is 1. The highest BCUT2D eigenvalue weighted by molar-refractivity contribution is 5.94. The van der Waals surface area contributed by atoms with Crippen LogP contribution in [0.25, 0.3) is 16.3 Å². The predicted molar refractivity (Wildman–Crippen MR) is 136 cm³/mol. The molecule has 1 heterocycles. The largest absolute Gasteiger partial charge is 0.399 e. The summed E-state index contributed by atoms with van der Waals surface area (Å²) in [4.78, 5) is 3.78. The molecule has 0 fully saturated rings. The fraction of sp³-hybridized carbons (Fsp3) is 0.167. The number of aromatic nitrogens is 1. The van der Waals surface area contributed by atoms with E-state index in [9.17, 15) is 0 Å².